The van der Waals surface area contributed by atoms with Crippen LogP contribution in [0.4, 0.5) is 0 Å². The van der Waals surface area contributed by atoms with Gasteiger partial charge in [-0.3, -0.25) is 0 Å². The van der Waals surface area contributed by atoms with Crippen LogP contribution in [0.3, 0.4) is 0 Å². The third-order valence-corrected chi connectivity index (χ3v) is 4.09. The molecule has 0 saturated carbocycles. The summed E-state index contributed by atoms with van der Waals surface area (Å²) in [4.78, 5) is 0. The first-order valence-corrected chi connectivity index (χ1v) is 5.35. The molecule has 0 aromatic heterocycles. The van der Waals surface area contributed by atoms with Crippen LogP contribution in [0.25, 0.3) is 0 Å². The van der Waals surface area contributed by atoms with Crippen molar-refractivity contribution in [3.05, 3.63) is 0 Å². The summed E-state index contributed by atoms with van der Waals surface area (Å²) in [5.74, 6) is 0. The molecule has 0 aliphatic carbocycles. The van der Waals surface area contributed by atoms with E-state index in [4.69, 9.17) is 15.8 Å². The average Bonchev–Trinajstić information content (AvgIpc) is 2.35. The Kier molecular flexibility index (Phi) is 1.66. The van der Waals surface area contributed by atoms with Crippen LogP contribution in [0.15, 0.2) is 0 Å². The highest BCUT2D eigenvalue weighted by molar-refractivity contribution is 7.78. The van der Waals surface area contributed by atoms with Crippen molar-refractivity contribution in [2.75, 3.05) is 13.2 Å². The minimum atomic E-state index is -0.700. The van der Waals surface area contributed by atoms with Crippen LogP contribution in [-0.2, 0) is 4.52 Å². The zero-order valence-electron chi connectivity index (χ0n) is 5.09. The highest BCUT2D eigenvalue weighted by Gasteiger charge is 2.37. The number of halogens is 1. The number of rotatable bonds is 0. The first-order chi connectivity index (χ1) is 4.38. The lowest BCUT2D eigenvalue weighted by atomic mass is 10.2. The number of hydrogen-bond donors (Lipinski definition) is 0. The molecule has 2 heterocycles. The second-order valence-corrected chi connectivity index (χ2v) is 4.57. The Labute approximate surface area is 60.8 Å². The van der Waals surface area contributed by atoms with E-state index in [9.17, 15) is 0 Å². The average molecular weight is 166 g/mol. The quantitative estimate of drug-likeness (QED) is 0.509. The third kappa shape index (κ3) is 0.988. The fourth-order valence-corrected chi connectivity index (χ4v) is 3.37. The van der Waals surface area contributed by atoms with Crippen LogP contribution in [0.1, 0.15) is 12.8 Å². The van der Waals surface area contributed by atoms with Gasteiger partial charge in [-0.1, -0.05) is 0 Å². The van der Waals surface area contributed by atoms with Crippen molar-refractivity contribution in [2.24, 2.45) is 0 Å². The van der Waals surface area contributed by atoms with E-state index in [1.54, 1.807) is 0 Å². The summed E-state index contributed by atoms with van der Waals surface area (Å²) >= 11 is 5.88. The summed E-state index contributed by atoms with van der Waals surface area (Å²) in [5.41, 5.74) is 0. The van der Waals surface area contributed by atoms with Gasteiger partial charge in [-0.15, -0.1) is 0 Å². The van der Waals surface area contributed by atoms with Crippen LogP contribution in [0.2, 0.25) is 0 Å². The van der Waals surface area contributed by atoms with Crippen molar-refractivity contribution in [3.63, 3.8) is 0 Å². The molecule has 52 valence electrons. The Morgan fingerprint density at radius 3 is 3.33 bits per heavy atom. The molecule has 4 heteroatoms. The molecule has 2 saturated heterocycles. The van der Waals surface area contributed by atoms with E-state index in [0.29, 0.717) is 6.04 Å². The summed E-state index contributed by atoms with van der Waals surface area (Å²) in [6.45, 7) is 2.02. The van der Waals surface area contributed by atoms with Gasteiger partial charge in [0.25, 0.3) is 0 Å². The fraction of sp³-hybridized carbons (Fsp3) is 1.00. The lowest BCUT2D eigenvalue weighted by Gasteiger charge is -2.13. The summed E-state index contributed by atoms with van der Waals surface area (Å²) in [5, 5.41) is 0. The second kappa shape index (κ2) is 2.35. The van der Waals surface area contributed by atoms with Gasteiger partial charge in [0, 0.05) is 12.6 Å². The molecular formula is C5H9ClNOP. The number of nitrogens with zero attached hydrogens (tertiary/aromatic N) is 1. The van der Waals surface area contributed by atoms with Crippen molar-refractivity contribution in [2.45, 2.75) is 18.9 Å². The third-order valence-electron chi connectivity index (χ3n) is 1.92. The van der Waals surface area contributed by atoms with Gasteiger partial charge < -0.3 is 4.52 Å². The molecule has 0 radical (unpaired) electrons. The summed E-state index contributed by atoms with van der Waals surface area (Å²) in [7, 11) is -0.700. The molecule has 0 aromatic carbocycles. The second-order valence-electron chi connectivity index (χ2n) is 2.48. The van der Waals surface area contributed by atoms with Crippen LogP contribution >= 0.6 is 18.9 Å². The zero-order chi connectivity index (χ0) is 6.27. The van der Waals surface area contributed by atoms with Gasteiger partial charge in [0.2, 0.25) is 7.65 Å². The van der Waals surface area contributed by atoms with Crippen molar-refractivity contribution in [1.82, 2.24) is 4.67 Å². The van der Waals surface area contributed by atoms with E-state index in [1.165, 1.54) is 12.8 Å². The topological polar surface area (TPSA) is 12.5 Å². The van der Waals surface area contributed by atoms with Crippen LogP contribution in [-0.4, -0.2) is 23.9 Å². The SMILES string of the molecule is ClP1OC[C@H]2CCCN21. The number of fused-ring (bicyclic) bond motifs is 1. The number of hydrogen-bond acceptors (Lipinski definition) is 2. The maximum absolute atomic E-state index is 5.88. The van der Waals surface area contributed by atoms with Crippen molar-refractivity contribution in [1.29, 1.82) is 0 Å². The first-order valence-electron chi connectivity index (χ1n) is 3.23. The Balaban J connectivity index is 2.07. The van der Waals surface area contributed by atoms with Crippen molar-refractivity contribution in [3.8, 4) is 0 Å². The van der Waals surface area contributed by atoms with E-state index in [-0.39, 0.29) is 0 Å². The van der Waals surface area contributed by atoms with Gasteiger partial charge in [0.05, 0.1) is 6.61 Å². The Bertz CT molecular complexity index is 124. The lowest BCUT2D eigenvalue weighted by molar-refractivity contribution is 0.342. The highest BCUT2D eigenvalue weighted by Crippen LogP contribution is 2.55. The monoisotopic (exact) mass is 165 g/mol. The molecule has 2 aliphatic rings. The Morgan fingerprint density at radius 2 is 2.56 bits per heavy atom. The molecule has 2 fully saturated rings. The van der Waals surface area contributed by atoms with Crippen LogP contribution in [0.5, 0.6) is 0 Å². The molecule has 2 rings (SSSR count). The maximum Gasteiger partial charge on any atom is 0.207 e. The molecule has 2 atom stereocenters. The molecule has 0 bridgehead atoms. The zero-order valence-corrected chi connectivity index (χ0v) is 6.74. The minimum absolute atomic E-state index is 0.661. The summed E-state index contributed by atoms with van der Waals surface area (Å²) in [6, 6.07) is 0.661. The van der Waals surface area contributed by atoms with Gasteiger partial charge in [0.15, 0.2) is 0 Å². The smallest absolute Gasteiger partial charge is 0.207 e. The largest absolute Gasteiger partial charge is 0.330 e. The lowest BCUT2D eigenvalue weighted by Crippen LogP contribution is -2.18. The summed E-state index contributed by atoms with van der Waals surface area (Å²) < 4.78 is 7.56. The molecule has 0 N–H and O–H groups in total. The normalized spacial score (nSPS) is 43.7. The fourth-order valence-electron chi connectivity index (χ4n) is 1.42. The van der Waals surface area contributed by atoms with E-state index in [2.05, 4.69) is 4.67 Å². The highest BCUT2D eigenvalue weighted by atomic mass is 35.7. The van der Waals surface area contributed by atoms with Crippen LogP contribution in [0, 0.1) is 0 Å². The van der Waals surface area contributed by atoms with E-state index >= 15 is 0 Å². The van der Waals surface area contributed by atoms with E-state index in [1.807, 2.05) is 0 Å². The van der Waals surface area contributed by atoms with Gasteiger partial charge >= 0.3 is 0 Å². The Hall–Kier alpha value is 0.640. The molecule has 2 nitrogen and oxygen atoms in total. The van der Waals surface area contributed by atoms with Gasteiger partial charge in [-0.05, 0) is 24.1 Å². The van der Waals surface area contributed by atoms with Gasteiger partial charge in [0.1, 0.15) is 0 Å². The molecule has 9 heavy (non-hydrogen) atoms. The molecule has 0 aromatic rings. The predicted octanol–water partition coefficient (Wildman–Crippen LogP) is 1.95. The van der Waals surface area contributed by atoms with Crippen LogP contribution < -0.4 is 0 Å². The first kappa shape index (κ1) is 6.36. The maximum atomic E-state index is 5.88. The van der Waals surface area contributed by atoms with Crippen molar-refractivity contribution >= 4 is 18.9 Å². The molecule has 2 aliphatic heterocycles. The molecular weight excluding hydrogens is 156 g/mol. The van der Waals surface area contributed by atoms with Gasteiger partial charge in [-0.25, -0.2) is 4.67 Å². The van der Waals surface area contributed by atoms with E-state index < -0.39 is 7.65 Å². The Morgan fingerprint density at radius 1 is 1.67 bits per heavy atom. The molecule has 0 spiro atoms. The standard InChI is InChI=1S/C5H9ClNOP/c6-9-7-3-1-2-5(7)4-8-9/h5H,1-4H2/t5-,9?/m1/s1. The van der Waals surface area contributed by atoms with Crippen molar-refractivity contribution < 1.29 is 4.52 Å². The predicted molar refractivity (Wildman–Crippen MR) is 38.5 cm³/mol. The minimum Gasteiger partial charge on any atom is -0.330 e. The summed E-state index contributed by atoms with van der Waals surface area (Å²) in [6.07, 6.45) is 2.59. The molecule has 1 unspecified atom stereocenters. The molecule has 0 amide bonds. The van der Waals surface area contributed by atoms with Gasteiger partial charge in [-0.2, -0.15) is 0 Å². The van der Waals surface area contributed by atoms with E-state index in [0.717, 1.165) is 13.2 Å².